The molecule has 84 valence electrons. The van der Waals surface area contributed by atoms with Crippen molar-refractivity contribution in [2.75, 3.05) is 5.73 Å². The summed E-state index contributed by atoms with van der Waals surface area (Å²) < 4.78 is 38.2. The summed E-state index contributed by atoms with van der Waals surface area (Å²) in [7, 11) is 0. The molecule has 0 bridgehead atoms. The summed E-state index contributed by atoms with van der Waals surface area (Å²) in [6.07, 6.45) is -1.46. The largest absolute Gasteiger partial charge is 0.417 e. The van der Waals surface area contributed by atoms with E-state index in [1.165, 1.54) is 24.5 Å². The van der Waals surface area contributed by atoms with Crippen LogP contribution in [0.25, 0.3) is 11.1 Å². The van der Waals surface area contributed by atoms with Crippen molar-refractivity contribution in [2.45, 2.75) is 6.18 Å². The molecule has 0 saturated carbocycles. The fourth-order valence-corrected chi connectivity index (χ4v) is 1.57. The lowest BCUT2D eigenvalue weighted by molar-refractivity contribution is -0.137. The van der Waals surface area contributed by atoms with E-state index in [2.05, 4.69) is 4.98 Å². The lowest BCUT2D eigenvalue weighted by Crippen LogP contribution is -2.07. The Morgan fingerprint density at radius 3 is 2.25 bits per heavy atom. The molecule has 16 heavy (non-hydrogen) atoms. The van der Waals surface area contributed by atoms with Gasteiger partial charge in [0, 0.05) is 18.0 Å². The van der Waals surface area contributed by atoms with Gasteiger partial charge in [0.1, 0.15) is 0 Å². The Balaban J connectivity index is 2.62. The Kier molecular flexibility index (Phi) is 2.38. The summed E-state index contributed by atoms with van der Waals surface area (Å²) in [5, 5.41) is 0. The quantitative estimate of drug-likeness (QED) is 0.769. The maximum Gasteiger partial charge on any atom is 0.417 e. The normalized spacial score (nSPS) is 11.7. The number of rotatable bonds is 1. The Hall–Kier alpha value is -1.91. The second-order valence-corrected chi connectivity index (χ2v) is 3.37. The molecule has 2 aromatic rings. The van der Waals surface area contributed by atoms with E-state index in [9.17, 15) is 13.2 Å². The molecule has 1 heterocycles. The van der Waals surface area contributed by atoms with Crippen LogP contribution in [0, 0.1) is 0 Å². The molecular weight excluding hydrogens is 217 g/mol. The van der Waals surface area contributed by atoms with Gasteiger partial charge in [-0.05, 0) is 11.6 Å². The number of aromatic amines is 1. The van der Waals surface area contributed by atoms with Gasteiger partial charge in [-0.3, -0.25) is 0 Å². The average molecular weight is 226 g/mol. The van der Waals surface area contributed by atoms with Crippen LogP contribution in [-0.2, 0) is 6.18 Å². The maximum absolute atomic E-state index is 12.7. The molecule has 0 aliphatic heterocycles. The SMILES string of the molecule is Nc1c[nH]cc1-c1ccccc1C(F)(F)F. The standard InChI is InChI=1S/C11H9F3N2/c12-11(13,14)9-4-2-1-3-7(9)8-5-16-6-10(8)15/h1-6,16H,15H2. The third-order valence-electron chi connectivity index (χ3n) is 2.30. The van der Waals surface area contributed by atoms with Crippen LogP contribution in [0.2, 0.25) is 0 Å². The van der Waals surface area contributed by atoms with Crippen molar-refractivity contribution in [3.63, 3.8) is 0 Å². The second-order valence-electron chi connectivity index (χ2n) is 3.37. The molecule has 0 saturated heterocycles. The van der Waals surface area contributed by atoms with E-state index in [0.717, 1.165) is 6.07 Å². The first-order valence-electron chi connectivity index (χ1n) is 4.59. The number of halogens is 3. The fourth-order valence-electron chi connectivity index (χ4n) is 1.57. The van der Waals surface area contributed by atoms with E-state index in [4.69, 9.17) is 5.73 Å². The van der Waals surface area contributed by atoms with Crippen LogP contribution in [0.1, 0.15) is 5.56 Å². The molecule has 1 aromatic heterocycles. The Bertz CT molecular complexity index is 500. The number of anilines is 1. The molecule has 2 nitrogen and oxygen atoms in total. The van der Waals surface area contributed by atoms with Gasteiger partial charge in [-0.2, -0.15) is 13.2 Å². The highest BCUT2D eigenvalue weighted by Gasteiger charge is 2.33. The monoisotopic (exact) mass is 226 g/mol. The van der Waals surface area contributed by atoms with Crippen LogP contribution in [0.4, 0.5) is 18.9 Å². The third kappa shape index (κ3) is 1.76. The smallest absolute Gasteiger partial charge is 0.397 e. The van der Waals surface area contributed by atoms with Crippen LogP contribution in [0.15, 0.2) is 36.7 Å². The number of aromatic nitrogens is 1. The molecule has 2 rings (SSSR count). The van der Waals surface area contributed by atoms with Gasteiger partial charge in [0.25, 0.3) is 0 Å². The molecule has 0 amide bonds. The third-order valence-corrected chi connectivity index (χ3v) is 2.30. The molecule has 5 heteroatoms. The number of nitrogen functional groups attached to an aromatic ring is 1. The first kappa shape index (κ1) is 10.6. The van der Waals surface area contributed by atoms with Crippen molar-refractivity contribution < 1.29 is 13.2 Å². The summed E-state index contributed by atoms with van der Waals surface area (Å²) in [6.45, 7) is 0. The average Bonchev–Trinajstić information content (AvgIpc) is 2.63. The van der Waals surface area contributed by atoms with Gasteiger partial charge >= 0.3 is 6.18 Å². The summed E-state index contributed by atoms with van der Waals surface area (Å²) in [5.41, 5.74) is 5.67. The minimum atomic E-state index is -4.37. The summed E-state index contributed by atoms with van der Waals surface area (Å²) in [6, 6.07) is 5.36. The van der Waals surface area contributed by atoms with Gasteiger partial charge in [-0.1, -0.05) is 18.2 Å². The zero-order chi connectivity index (χ0) is 11.8. The van der Waals surface area contributed by atoms with Crippen molar-refractivity contribution in [2.24, 2.45) is 0 Å². The molecule has 0 aliphatic rings. The van der Waals surface area contributed by atoms with Gasteiger partial charge in [-0.15, -0.1) is 0 Å². The van der Waals surface area contributed by atoms with E-state index < -0.39 is 11.7 Å². The van der Waals surface area contributed by atoms with Gasteiger partial charge in [0.05, 0.1) is 11.3 Å². The highest BCUT2D eigenvalue weighted by Crippen LogP contribution is 2.38. The van der Waals surface area contributed by atoms with Gasteiger partial charge < -0.3 is 10.7 Å². The maximum atomic E-state index is 12.7. The number of nitrogens with two attached hydrogens (primary N) is 1. The molecule has 3 N–H and O–H groups in total. The minimum Gasteiger partial charge on any atom is -0.397 e. The second kappa shape index (κ2) is 3.59. The molecule has 0 aliphatic carbocycles. The number of nitrogens with one attached hydrogen (secondary N) is 1. The van der Waals surface area contributed by atoms with Gasteiger partial charge in [0.15, 0.2) is 0 Å². The van der Waals surface area contributed by atoms with Crippen LogP contribution in [0.5, 0.6) is 0 Å². The minimum absolute atomic E-state index is 0.0914. The van der Waals surface area contributed by atoms with E-state index in [0.29, 0.717) is 11.3 Å². The zero-order valence-electron chi connectivity index (χ0n) is 8.18. The molecule has 0 spiro atoms. The number of hydrogen-bond acceptors (Lipinski definition) is 1. The lowest BCUT2D eigenvalue weighted by Gasteiger charge is -2.11. The highest BCUT2D eigenvalue weighted by atomic mass is 19.4. The number of H-pyrrole nitrogens is 1. The Morgan fingerprint density at radius 1 is 1.00 bits per heavy atom. The van der Waals surface area contributed by atoms with E-state index in [1.54, 1.807) is 6.07 Å². The Morgan fingerprint density at radius 2 is 1.69 bits per heavy atom. The van der Waals surface area contributed by atoms with Crippen molar-refractivity contribution in [1.29, 1.82) is 0 Å². The van der Waals surface area contributed by atoms with Gasteiger partial charge in [0.2, 0.25) is 0 Å². The molecule has 0 fully saturated rings. The highest BCUT2D eigenvalue weighted by molar-refractivity contribution is 5.78. The predicted octanol–water partition coefficient (Wildman–Crippen LogP) is 3.28. The topological polar surface area (TPSA) is 41.8 Å². The molecular formula is C11H9F3N2. The van der Waals surface area contributed by atoms with Crippen LogP contribution in [-0.4, -0.2) is 4.98 Å². The molecule has 0 radical (unpaired) electrons. The summed E-state index contributed by atoms with van der Waals surface area (Å²) in [4.78, 5) is 2.68. The van der Waals surface area contributed by atoms with E-state index in [1.807, 2.05) is 0 Å². The molecule has 0 atom stereocenters. The van der Waals surface area contributed by atoms with Crippen LogP contribution >= 0.6 is 0 Å². The lowest BCUT2D eigenvalue weighted by atomic mass is 10.0. The predicted molar refractivity (Wildman–Crippen MR) is 55.6 cm³/mol. The first-order valence-corrected chi connectivity index (χ1v) is 4.59. The van der Waals surface area contributed by atoms with Crippen LogP contribution in [0.3, 0.4) is 0 Å². The van der Waals surface area contributed by atoms with Gasteiger partial charge in [-0.25, -0.2) is 0 Å². The van der Waals surface area contributed by atoms with Crippen molar-refractivity contribution >= 4 is 5.69 Å². The zero-order valence-corrected chi connectivity index (χ0v) is 8.18. The number of alkyl halides is 3. The fraction of sp³-hybridized carbons (Fsp3) is 0.0909. The van der Waals surface area contributed by atoms with Crippen molar-refractivity contribution in [1.82, 2.24) is 4.98 Å². The van der Waals surface area contributed by atoms with Crippen LogP contribution < -0.4 is 5.73 Å². The van der Waals surface area contributed by atoms with E-state index in [-0.39, 0.29) is 5.56 Å². The number of benzene rings is 1. The van der Waals surface area contributed by atoms with E-state index >= 15 is 0 Å². The van der Waals surface area contributed by atoms with Crippen molar-refractivity contribution in [3.8, 4) is 11.1 Å². The first-order chi connectivity index (χ1) is 7.50. The molecule has 1 aromatic carbocycles. The summed E-state index contributed by atoms with van der Waals surface area (Å²) >= 11 is 0. The van der Waals surface area contributed by atoms with Crippen molar-refractivity contribution in [3.05, 3.63) is 42.2 Å². The number of hydrogen-bond donors (Lipinski definition) is 2. The Labute approximate surface area is 89.9 Å². The summed E-state index contributed by atoms with van der Waals surface area (Å²) in [5.74, 6) is 0. The molecule has 0 unspecified atom stereocenters.